The Labute approximate surface area is 169 Å². The lowest BCUT2D eigenvalue weighted by atomic mass is 9.70. The lowest BCUT2D eigenvalue weighted by Gasteiger charge is -2.41. The number of hydrogen-bond acceptors (Lipinski definition) is 8. The number of fused-ring (bicyclic) bond motifs is 2. The quantitative estimate of drug-likeness (QED) is 0.527. The number of carbonyl (C=O) groups is 3. The van der Waals surface area contributed by atoms with Crippen LogP contribution in [-0.2, 0) is 23.9 Å². The highest BCUT2D eigenvalue weighted by Gasteiger charge is 2.61. The third-order valence-corrected chi connectivity index (χ3v) is 7.05. The van der Waals surface area contributed by atoms with Crippen LogP contribution in [0.3, 0.4) is 0 Å². The molecule has 2 saturated carbocycles. The van der Waals surface area contributed by atoms with E-state index in [-0.39, 0.29) is 29.9 Å². The van der Waals surface area contributed by atoms with Crippen molar-refractivity contribution in [2.45, 2.75) is 58.6 Å². The van der Waals surface area contributed by atoms with Gasteiger partial charge in [0.05, 0.1) is 11.4 Å². The molecule has 2 fully saturated rings. The molecule has 2 aliphatic carbocycles. The Morgan fingerprint density at radius 1 is 1.32 bits per heavy atom. The van der Waals surface area contributed by atoms with Crippen LogP contribution in [0.2, 0.25) is 0 Å². The van der Waals surface area contributed by atoms with Gasteiger partial charge in [0.2, 0.25) is 0 Å². The van der Waals surface area contributed by atoms with Crippen molar-refractivity contribution in [3.8, 4) is 0 Å². The highest BCUT2D eigenvalue weighted by Crippen LogP contribution is 2.63. The van der Waals surface area contributed by atoms with Crippen molar-refractivity contribution in [2.75, 3.05) is 11.9 Å². The second-order valence-corrected chi connectivity index (χ2v) is 9.67. The summed E-state index contributed by atoms with van der Waals surface area (Å²) < 4.78 is 10.5. The molecule has 0 spiro atoms. The summed E-state index contributed by atoms with van der Waals surface area (Å²) in [7, 11) is 0. The topological polar surface area (TPSA) is 108 Å². The third-order valence-electron chi connectivity index (χ3n) is 6.22. The molecule has 1 aromatic rings. The van der Waals surface area contributed by atoms with Gasteiger partial charge in [-0.15, -0.1) is 11.3 Å². The van der Waals surface area contributed by atoms with Crippen LogP contribution in [0.1, 0.15) is 46.5 Å². The first kappa shape index (κ1) is 20.8. The zero-order chi connectivity index (χ0) is 20.5. The van der Waals surface area contributed by atoms with Gasteiger partial charge in [0.25, 0.3) is 0 Å². The lowest BCUT2D eigenvalue weighted by Crippen LogP contribution is -2.45. The monoisotopic (exact) mass is 408 g/mol. The third kappa shape index (κ3) is 4.22. The molecular formula is C20H28N2O5S. The van der Waals surface area contributed by atoms with Crippen LogP contribution < -0.4 is 11.1 Å². The molecule has 3 N–H and O–H groups in total. The minimum atomic E-state index is -1.23. The fourth-order valence-corrected chi connectivity index (χ4v) is 5.37. The van der Waals surface area contributed by atoms with Crippen molar-refractivity contribution >= 4 is 34.2 Å². The average Bonchev–Trinajstić information content (AvgIpc) is 3.30. The van der Waals surface area contributed by atoms with Crippen LogP contribution in [0.25, 0.3) is 0 Å². The Hall–Kier alpha value is -1.93. The standard InChI is InChI=1S/C20H28N2O5S/c1-19(2)12-6-7-20(3,10-12)18(19)27-15(23)9-13(21)17(25)26-16(24)11-22-14-5-4-8-28-14/h4-5,8,12-13,18,22H,6-7,9-11,21H2,1-3H3/t12?,13-,18?,20?/m0/s1. The Balaban J connectivity index is 1.46. The molecule has 2 bridgehead atoms. The van der Waals surface area contributed by atoms with Crippen LogP contribution >= 0.6 is 11.3 Å². The van der Waals surface area contributed by atoms with Crippen molar-refractivity contribution in [1.29, 1.82) is 0 Å². The second kappa shape index (κ2) is 7.83. The average molecular weight is 409 g/mol. The van der Waals surface area contributed by atoms with E-state index in [9.17, 15) is 14.4 Å². The number of rotatable bonds is 7. The zero-order valence-electron chi connectivity index (χ0n) is 16.5. The summed E-state index contributed by atoms with van der Waals surface area (Å²) in [5.41, 5.74) is 5.66. The SMILES string of the molecule is CC12CCC(C1)C(C)(C)C2OC(=O)C[C@H](N)C(=O)OC(=O)CNc1cccs1. The van der Waals surface area contributed by atoms with Crippen LogP contribution in [0, 0.1) is 16.7 Å². The highest BCUT2D eigenvalue weighted by atomic mass is 32.1. The minimum absolute atomic E-state index is 0.0160. The van der Waals surface area contributed by atoms with E-state index in [1.54, 1.807) is 6.07 Å². The number of thiophene rings is 1. The van der Waals surface area contributed by atoms with Crippen LogP contribution in [0.15, 0.2) is 17.5 Å². The number of esters is 3. The first-order chi connectivity index (χ1) is 13.1. The van der Waals surface area contributed by atoms with Gasteiger partial charge in [0, 0.05) is 10.8 Å². The molecule has 0 radical (unpaired) electrons. The van der Waals surface area contributed by atoms with E-state index in [1.165, 1.54) is 11.3 Å². The van der Waals surface area contributed by atoms with Gasteiger partial charge < -0.3 is 20.5 Å². The summed E-state index contributed by atoms with van der Waals surface area (Å²) in [6, 6.07) is 2.41. The molecule has 2 aliphatic rings. The van der Waals surface area contributed by atoms with Gasteiger partial charge >= 0.3 is 17.9 Å². The molecule has 0 amide bonds. The van der Waals surface area contributed by atoms with E-state index in [0.717, 1.165) is 24.3 Å². The van der Waals surface area contributed by atoms with Crippen molar-refractivity contribution in [3.63, 3.8) is 0 Å². The Morgan fingerprint density at radius 3 is 2.68 bits per heavy atom. The number of anilines is 1. The zero-order valence-corrected chi connectivity index (χ0v) is 17.3. The first-order valence-corrected chi connectivity index (χ1v) is 10.5. The molecule has 0 saturated heterocycles. The molecule has 3 unspecified atom stereocenters. The molecule has 0 aliphatic heterocycles. The molecular weight excluding hydrogens is 380 g/mol. The lowest BCUT2D eigenvalue weighted by molar-refractivity contribution is -0.169. The van der Waals surface area contributed by atoms with Crippen molar-refractivity contribution in [1.82, 2.24) is 0 Å². The first-order valence-electron chi connectivity index (χ1n) is 9.59. The summed E-state index contributed by atoms with van der Waals surface area (Å²) in [6.07, 6.45) is 2.76. The number of ether oxygens (including phenoxy) is 2. The van der Waals surface area contributed by atoms with Gasteiger partial charge in [-0.1, -0.05) is 20.8 Å². The van der Waals surface area contributed by atoms with E-state index in [4.69, 9.17) is 15.2 Å². The van der Waals surface area contributed by atoms with Crippen molar-refractivity contribution in [2.24, 2.45) is 22.5 Å². The maximum atomic E-state index is 12.4. The Morgan fingerprint density at radius 2 is 2.07 bits per heavy atom. The summed E-state index contributed by atoms with van der Waals surface area (Å²) in [5, 5.41) is 5.50. The summed E-state index contributed by atoms with van der Waals surface area (Å²) in [5.74, 6) is -1.65. The summed E-state index contributed by atoms with van der Waals surface area (Å²) in [6.45, 7) is 6.27. The van der Waals surface area contributed by atoms with Crippen molar-refractivity contribution < 1.29 is 23.9 Å². The van der Waals surface area contributed by atoms with Crippen LogP contribution in [-0.4, -0.2) is 36.6 Å². The van der Waals surface area contributed by atoms with Gasteiger partial charge in [-0.2, -0.15) is 0 Å². The Kier molecular flexibility index (Phi) is 5.82. The Bertz CT molecular complexity index is 743. The summed E-state index contributed by atoms with van der Waals surface area (Å²) in [4.78, 5) is 36.1. The fraction of sp³-hybridized carbons (Fsp3) is 0.650. The maximum absolute atomic E-state index is 12.4. The molecule has 1 aromatic heterocycles. The number of carbonyl (C=O) groups excluding carboxylic acids is 3. The van der Waals surface area contributed by atoms with Gasteiger partial charge in [0.1, 0.15) is 18.7 Å². The fourth-order valence-electron chi connectivity index (χ4n) is 4.76. The minimum Gasteiger partial charge on any atom is -0.461 e. The molecule has 3 rings (SSSR count). The number of nitrogens with two attached hydrogens (primary N) is 1. The predicted octanol–water partition coefficient (Wildman–Crippen LogP) is 2.71. The van der Waals surface area contributed by atoms with Gasteiger partial charge in [-0.05, 0) is 42.7 Å². The number of nitrogens with one attached hydrogen (secondary N) is 1. The number of hydrogen-bond donors (Lipinski definition) is 2. The molecule has 154 valence electrons. The maximum Gasteiger partial charge on any atom is 0.333 e. The van der Waals surface area contributed by atoms with E-state index in [0.29, 0.717) is 5.92 Å². The van der Waals surface area contributed by atoms with E-state index >= 15 is 0 Å². The van der Waals surface area contributed by atoms with Gasteiger partial charge in [-0.25, -0.2) is 9.59 Å². The largest absolute Gasteiger partial charge is 0.461 e. The van der Waals surface area contributed by atoms with Gasteiger partial charge in [0.15, 0.2) is 0 Å². The summed E-state index contributed by atoms with van der Waals surface area (Å²) >= 11 is 1.43. The molecule has 28 heavy (non-hydrogen) atoms. The molecule has 0 aromatic carbocycles. The molecule has 1 heterocycles. The van der Waals surface area contributed by atoms with Crippen molar-refractivity contribution in [3.05, 3.63) is 17.5 Å². The van der Waals surface area contributed by atoms with Crippen LogP contribution in [0.4, 0.5) is 5.00 Å². The van der Waals surface area contributed by atoms with E-state index in [1.807, 2.05) is 11.4 Å². The molecule has 4 atom stereocenters. The predicted molar refractivity (Wildman–Crippen MR) is 106 cm³/mol. The molecule has 7 nitrogen and oxygen atoms in total. The molecule has 8 heteroatoms. The van der Waals surface area contributed by atoms with E-state index in [2.05, 4.69) is 26.1 Å². The highest BCUT2D eigenvalue weighted by molar-refractivity contribution is 7.14. The van der Waals surface area contributed by atoms with Gasteiger partial charge in [-0.3, -0.25) is 4.79 Å². The smallest absolute Gasteiger partial charge is 0.333 e. The van der Waals surface area contributed by atoms with Crippen LogP contribution in [0.5, 0.6) is 0 Å². The normalized spacial score (nSPS) is 28.6. The van der Waals surface area contributed by atoms with E-state index < -0.39 is 23.9 Å². The second-order valence-electron chi connectivity index (χ2n) is 8.72.